The van der Waals surface area contributed by atoms with Crippen LogP contribution in [0.4, 0.5) is 0 Å². The lowest BCUT2D eigenvalue weighted by atomic mass is 10.1. The van der Waals surface area contributed by atoms with Crippen molar-refractivity contribution < 1.29 is 13.2 Å². The number of rotatable bonds is 10. The summed E-state index contributed by atoms with van der Waals surface area (Å²) in [4.78, 5) is 0. The predicted octanol–water partition coefficient (Wildman–Crippen LogP) is -0.779. The fourth-order valence-corrected chi connectivity index (χ4v) is 2.13. The van der Waals surface area contributed by atoms with Gasteiger partial charge in [0.25, 0.3) is 0 Å². The summed E-state index contributed by atoms with van der Waals surface area (Å²) < 4.78 is 29.3. The van der Waals surface area contributed by atoms with Crippen molar-refractivity contribution in [1.82, 2.24) is 9.62 Å². The number of nitrogens with zero attached hydrogens (tertiary/aromatic N) is 1. The highest BCUT2D eigenvalue weighted by molar-refractivity contribution is 7.89. The second-order valence-corrected chi connectivity index (χ2v) is 6.44. The number of nitrogens with one attached hydrogen (secondary N) is 1. The molecule has 17 heavy (non-hydrogen) atoms. The van der Waals surface area contributed by atoms with E-state index >= 15 is 0 Å². The molecule has 104 valence electrons. The first-order chi connectivity index (χ1) is 7.94. The summed E-state index contributed by atoms with van der Waals surface area (Å²) in [5, 5.41) is 3.18. The topological polar surface area (TPSA) is 84.7 Å². The van der Waals surface area contributed by atoms with Gasteiger partial charge in [-0.25, -0.2) is 12.7 Å². The van der Waals surface area contributed by atoms with Crippen LogP contribution in [0.2, 0.25) is 0 Å². The Kier molecular flexibility index (Phi) is 8.71. The van der Waals surface area contributed by atoms with E-state index in [0.717, 1.165) is 12.8 Å². The average molecular weight is 267 g/mol. The van der Waals surface area contributed by atoms with Crippen molar-refractivity contribution in [3.63, 3.8) is 0 Å². The molecule has 0 saturated carbocycles. The zero-order valence-corrected chi connectivity index (χ0v) is 11.8. The number of hydrogen-bond donors (Lipinski definition) is 2. The maximum Gasteiger partial charge on any atom is 0.214 e. The molecule has 1 unspecified atom stereocenters. The van der Waals surface area contributed by atoms with Crippen LogP contribution in [0.1, 0.15) is 12.8 Å². The highest BCUT2D eigenvalue weighted by Gasteiger charge is 2.14. The third kappa shape index (κ3) is 7.67. The second kappa shape index (κ2) is 8.82. The van der Waals surface area contributed by atoms with E-state index < -0.39 is 10.0 Å². The van der Waals surface area contributed by atoms with Crippen molar-refractivity contribution in [3.8, 4) is 0 Å². The lowest BCUT2D eigenvalue weighted by Gasteiger charge is -2.18. The molecule has 0 aliphatic rings. The van der Waals surface area contributed by atoms with Gasteiger partial charge < -0.3 is 15.8 Å². The minimum atomic E-state index is -3.12. The summed E-state index contributed by atoms with van der Waals surface area (Å²) in [7, 11) is 1.58. The molecular formula is C10H25N3O3S. The van der Waals surface area contributed by atoms with Crippen LogP contribution in [0.15, 0.2) is 0 Å². The van der Waals surface area contributed by atoms with Crippen LogP contribution in [-0.2, 0) is 14.8 Å². The fraction of sp³-hybridized carbons (Fsp3) is 1.00. The van der Waals surface area contributed by atoms with Gasteiger partial charge in [0.15, 0.2) is 0 Å². The summed E-state index contributed by atoms with van der Waals surface area (Å²) in [6, 6.07) is 0.168. The molecule has 6 nitrogen and oxygen atoms in total. The smallest absolute Gasteiger partial charge is 0.214 e. The van der Waals surface area contributed by atoms with Gasteiger partial charge in [-0.1, -0.05) is 0 Å². The van der Waals surface area contributed by atoms with Gasteiger partial charge in [-0.2, -0.15) is 0 Å². The Labute approximate surface area is 105 Å². The van der Waals surface area contributed by atoms with Crippen LogP contribution in [-0.4, -0.2) is 65.4 Å². The first-order valence-corrected chi connectivity index (χ1v) is 7.37. The molecule has 0 heterocycles. The van der Waals surface area contributed by atoms with Crippen molar-refractivity contribution in [2.24, 2.45) is 5.73 Å². The molecule has 1 atom stereocenters. The average Bonchev–Trinajstić information content (AvgIpc) is 2.25. The molecule has 0 aromatic rings. The summed E-state index contributed by atoms with van der Waals surface area (Å²) in [6.07, 6.45) is 1.80. The third-order valence-electron chi connectivity index (χ3n) is 2.47. The molecule has 0 amide bonds. The van der Waals surface area contributed by atoms with Crippen LogP contribution in [0.5, 0.6) is 0 Å². The van der Waals surface area contributed by atoms with Crippen LogP contribution >= 0.6 is 0 Å². The van der Waals surface area contributed by atoms with E-state index in [4.69, 9.17) is 10.5 Å². The molecule has 0 bridgehead atoms. The third-order valence-corrected chi connectivity index (χ3v) is 4.31. The Morgan fingerprint density at radius 3 is 2.53 bits per heavy atom. The minimum absolute atomic E-state index is 0.100. The van der Waals surface area contributed by atoms with Crippen LogP contribution in [0.3, 0.4) is 0 Å². The monoisotopic (exact) mass is 267 g/mol. The lowest BCUT2D eigenvalue weighted by molar-refractivity contribution is 0.162. The van der Waals surface area contributed by atoms with Crippen LogP contribution in [0.25, 0.3) is 0 Å². The van der Waals surface area contributed by atoms with E-state index in [1.54, 1.807) is 7.11 Å². The lowest BCUT2D eigenvalue weighted by Crippen LogP contribution is -2.38. The number of ether oxygens (including phenoxy) is 1. The van der Waals surface area contributed by atoms with Gasteiger partial charge >= 0.3 is 0 Å². The maximum absolute atomic E-state index is 11.5. The Morgan fingerprint density at radius 1 is 1.41 bits per heavy atom. The zero-order chi connectivity index (χ0) is 13.3. The van der Waals surface area contributed by atoms with Crippen molar-refractivity contribution in [1.29, 1.82) is 0 Å². The fourth-order valence-electron chi connectivity index (χ4n) is 1.38. The molecule has 0 aliphatic heterocycles. The quantitative estimate of drug-likeness (QED) is 0.542. The molecule has 7 heteroatoms. The normalized spacial score (nSPS) is 14.2. The van der Waals surface area contributed by atoms with Crippen molar-refractivity contribution in [3.05, 3.63) is 0 Å². The molecule has 0 aromatic carbocycles. The molecular weight excluding hydrogens is 242 g/mol. The predicted molar refractivity (Wildman–Crippen MR) is 69.4 cm³/mol. The highest BCUT2D eigenvalue weighted by Crippen LogP contribution is 1.98. The van der Waals surface area contributed by atoms with Gasteiger partial charge in [-0.05, 0) is 19.4 Å². The van der Waals surface area contributed by atoms with Crippen LogP contribution in [0, 0.1) is 0 Å². The molecule has 0 spiro atoms. The first-order valence-electron chi connectivity index (χ1n) is 5.76. The largest absolute Gasteiger partial charge is 0.383 e. The van der Waals surface area contributed by atoms with E-state index in [0.29, 0.717) is 19.7 Å². The Bertz CT molecular complexity index is 281. The standard InChI is InChI=1S/C10H25N3O3S/c1-13(2)17(14,15)8-7-12-10(9-16-3)5-4-6-11/h10,12H,4-9,11H2,1-3H3. The maximum atomic E-state index is 11.5. The Hall–Kier alpha value is -0.210. The zero-order valence-electron chi connectivity index (χ0n) is 11.0. The van der Waals surface area contributed by atoms with Gasteiger partial charge in [0.1, 0.15) is 0 Å². The van der Waals surface area contributed by atoms with Crippen LogP contribution < -0.4 is 11.1 Å². The van der Waals surface area contributed by atoms with E-state index in [1.165, 1.54) is 18.4 Å². The Morgan fingerprint density at radius 2 is 2.06 bits per heavy atom. The molecule has 3 N–H and O–H groups in total. The van der Waals surface area contributed by atoms with E-state index in [1.807, 2.05) is 0 Å². The molecule has 0 radical (unpaired) electrons. The van der Waals surface area contributed by atoms with E-state index in [9.17, 15) is 8.42 Å². The van der Waals surface area contributed by atoms with Crippen molar-refractivity contribution >= 4 is 10.0 Å². The minimum Gasteiger partial charge on any atom is -0.383 e. The molecule has 0 saturated heterocycles. The second-order valence-electron chi connectivity index (χ2n) is 4.14. The number of hydrogen-bond acceptors (Lipinski definition) is 5. The molecule has 0 aliphatic carbocycles. The van der Waals surface area contributed by atoms with Gasteiger partial charge in [0.2, 0.25) is 10.0 Å². The van der Waals surface area contributed by atoms with Crippen molar-refractivity contribution in [2.45, 2.75) is 18.9 Å². The summed E-state index contributed by atoms with van der Waals surface area (Å²) in [5.74, 6) is 0.100. The molecule has 0 fully saturated rings. The molecule has 0 rings (SSSR count). The van der Waals surface area contributed by atoms with Gasteiger partial charge in [0, 0.05) is 33.8 Å². The first kappa shape index (κ1) is 16.8. The van der Waals surface area contributed by atoms with Crippen molar-refractivity contribution in [2.75, 3.05) is 46.7 Å². The molecule has 0 aromatic heterocycles. The summed E-state index contributed by atoms with van der Waals surface area (Å²) >= 11 is 0. The van der Waals surface area contributed by atoms with Gasteiger partial charge in [-0.3, -0.25) is 0 Å². The number of nitrogens with two attached hydrogens (primary N) is 1. The van der Waals surface area contributed by atoms with Gasteiger partial charge in [-0.15, -0.1) is 0 Å². The number of methoxy groups -OCH3 is 1. The highest BCUT2D eigenvalue weighted by atomic mass is 32.2. The summed E-state index contributed by atoms with van der Waals surface area (Å²) in [6.45, 7) is 1.64. The summed E-state index contributed by atoms with van der Waals surface area (Å²) in [5.41, 5.74) is 5.44. The SMILES string of the molecule is COCC(CCCN)NCCS(=O)(=O)N(C)C. The van der Waals surface area contributed by atoms with Gasteiger partial charge in [0.05, 0.1) is 12.4 Å². The van der Waals surface area contributed by atoms with E-state index in [2.05, 4.69) is 5.32 Å². The number of sulfonamides is 1. The Balaban J connectivity index is 3.96. The van der Waals surface area contributed by atoms with E-state index in [-0.39, 0.29) is 11.8 Å².